The monoisotopic (exact) mass is 448 g/mol. The van der Waals surface area contributed by atoms with Gasteiger partial charge in [-0.1, -0.05) is 0 Å². The predicted molar refractivity (Wildman–Crippen MR) is 107 cm³/mol. The molecule has 30 heavy (non-hydrogen) atoms. The smallest absolute Gasteiger partial charge is 0.394 e. The Morgan fingerprint density at radius 2 is 1.23 bits per heavy atom. The van der Waals surface area contributed by atoms with Gasteiger partial charge in [0.1, 0.15) is 11.6 Å². The van der Waals surface area contributed by atoms with Crippen molar-refractivity contribution in [2.45, 2.75) is 13.8 Å². The van der Waals surface area contributed by atoms with Gasteiger partial charge in [-0.05, 0) is 38.1 Å². The standard InChI is InChI=1S/C8H10N2O2.C7H8N2O2.CH4O.H2O4S/c1-5-3-6(8(11)12-2)4-7(9)10-5;1-4-2-5(7(10)11)3-6(8)9-4;1-2;1-5(2,3)4/h3-4H,1-2H3,(H2,9,10);2-3H,1H3,(H2,8,9)(H,10,11);2H,1H3;(H2,1,2,3,4). The molecule has 2 heterocycles. The van der Waals surface area contributed by atoms with Gasteiger partial charge < -0.3 is 26.4 Å². The second-order valence-corrected chi connectivity index (χ2v) is 5.98. The summed E-state index contributed by atoms with van der Waals surface area (Å²) >= 11 is 0. The lowest BCUT2D eigenvalue weighted by molar-refractivity contribution is 0.0599. The van der Waals surface area contributed by atoms with Crippen LogP contribution >= 0.6 is 0 Å². The Bertz CT molecular complexity index is 901. The minimum absolute atomic E-state index is 0.176. The molecule has 2 rings (SSSR count). The maximum Gasteiger partial charge on any atom is 0.394 e. The summed E-state index contributed by atoms with van der Waals surface area (Å²) in [5.41, 5.74) is 12.7. The van der Waals surface area contributed by atoms with E-state index in [1.165, 1.54) is 25.3 Å². The predicted octanol–water partition coefficient (Wildman–Crippen LogP) is 0.385. The number of esters is 1. The molecule has 168 valence electrons. The summed E-state index contributed by atoms with van der Waals surface area (Å²) in [5, 5.41) is 15.6. The molecule has 0 saturated heterocycles. The SMILES string of the molecule is CO.COC(=O)c1cc(C)nc(N)c1.Cc1cc(C(=O)O)cc(N)n1.O=S(=O)(O)O. The van der Waals surface area contributed by atoms with Gasteiger partial charge in [0, 0.05) is 18.5 Å². The van der Waals surface area contributed by atoms with Crippen LogP contribution in [0.15, 0.2) is 24.3 Å². The molecule has 0 radical (unpaired) electrons. The molecule has 0 saturated carbocycles. The van der Waals surface area contributed by atoms with Crippen LogP contribution in [0.5, 0.6) is 0 Å². The van der Waals surface area contributed by atoms with Crippen molar-refractivity contribution in [3.05, 3.63) is 46.8 Å². The fraction of sp³-hybridized carbons (Fsp3) is 0.250. The maximum atomic E-state index is 11.0. The average molecular weight is 448 g/mol. The molecule has 8 N–H and O–H groups in total. The number of aromatic carboxylic acids is 1. The van der Waals surface area contributed by atoms with Gasteiger partial charge in [0.2, 0.25) is 0 Å². The van der Waals surface area contributed by atoms with E-state index in [0.717, 1.165) is 7.11 Å². The number of hydrogen-bond donors (Lipinski definition) is 6. The second kappa shape index (κ2) is 13.8. The van der Waals surface area contributed by atoms with E-state index in [2.05, 4.69) is 14.7 Å². The van der Waals surface area contributed by atoms with Crippen molar-refractivity contribution >= 4 is 34.0 Å². The summed E-state index contributed by atoms with van der Waals surface area (Å²) in [6.07, 6.45) is 0. The zero-order chi connectivity index (χ0) is 24.1. The number of nitrogen functional groups attached to an aromatic ring is 2. The molecular formula is C16H24N4O9S. The molecule has 0 spiro atoms. The van der Waals surface area contributed by atoms with Crippen molar-refractivity contribution < 1.29 is 42.1 Å². The third kappa shape index (κ3) is 14.7. The average Bonchev–Trinajstić information content (AvgIpc) is 2.60. The van der Waals surface area contributed by atoms with Gasteiger partial charge >= 0.3 is 22.3 Å². The Morgan fingerprint density at radius 3 is 1.53 bits per heavy atom. The quantitative estimate of drug-likeness (QED) is 0.269. The number of hydrogen-bond acceptors (Lipinski definition) is 10. The molecule has 14 heteroatoms. The minimum Gasteiger partial charge on any atom is -0.478 e. The van der Waals surface area contributed by atoms with Crippen LogP contribution in [0.4, 0.5) is 11.6 Å². The van der Waals surface area contributed by atoms with Crippen molar-refractivity contribution in [2.75, 3.05) is 25.7 Å². The van der Waals surface area contributed by atoms with Crippen LogP contribution in [0, 0.1) is 13.8 Å². The number of nitrogens with zero attached hydrogens (tertiary/aromatic N) is 2. The Hall–Kier alpha value is -3.33. The number of rotatable bonds is 2. The summed E-state index contributed by atoms with van der Waals surface area (Å²) < 4.78 is 36.1. The Morgan fingerprint density at radius 1 is 0.900 bits per heavy atom. The molecule has 0 atom stereocenters. The van der Waals surface area contributed by atoms with E-state index in [9.17, 15) is 9.59 Å². The number of nitrogens with two attached hydrogens (primary N) is 2. The number of aliphatic hydroxyl groups excluding tert-OH is 1. The Labute approximate surface area is 172 Å². The highest BCUT2D eigenvalue weighted by Gasteiger charge is 2.06. The summed E-state index contributed by atoms with van der Waals surface area (Å²) in [5.74, 6) is -0.813. The first-order valence-corrected chi connectivity index (χ1v) is 9.07. The lowest BCUT2D eigenvalue weighted by Crippen LogP contribution is -2.04. The molecule has 2 aromatic rings. The number of carbonyl (C=O) groups is 2. The summed E-state index contributed by atoms with van der Waals surface area (Å²) in [4.78, 5) is 29.2. The molecule has 13 nitrogen and oxygen atoms in total. The number of anilines is 2. The van der Waals surface area contributed by atoms with Gasteiger partial charge in [-0.3, -0.25) is 9.11 Å². The maximum absolute atomic E-state index is 11.0. The molecule has 0 aliphatic heterocycles. The fourth-order valence-corrected chi connectivity index (χ4v) is 1.75. The Balaban J connectivity index is 0. The van der Waals surface area contributed by atoms with E-state index in [1.54, 1.807) is 19.9 Å². The van der Waals surface area contributed by atoms with E-state index in [-0.39, 0.29) is 11.4 Å². The minimum atomic E-state index is -4.67. The molecule has 0 aromatic carbocycles. The van der Waals surface area contributed by atoms with Crippen LogP contribution in [0.3, 0.4) is 0 Å². The highest BCUT2D eigenvalue weighted by atomic mass is 32.3. The molecule has 0 aliphatic rings. The number of pyridine rings is 2. The lowest BCUT2D eigenvalue weighted by atomic mass is 10.2. The van der Waals surface area contributed by atoms with Crippen molar-refractivity contribution in [3.8, 4) is 0 Å². The zero-order valence-corrected chi connectivity index (χ0v) is 17.4. The van der Waals surface area contributed by atoms with E-state index >= 15 is 0 Å². The molecule has 0 aliphatic carbocycles. The van der Waals surface area contributed by atoms with E-state index in [1.807, 2.05) is 0 Å². The number of methoxy groups -OCH3 is 1. The van der Waals surface area contributed by atoms with Crippen molar-refractivity contribution in [2.24, 2.45) is 0 Å². The van der Waals surface area contributed by atoms with Gasteiger partial charge in [-0.2, -0.15) is 8.42 Å². The number of ether oxygens (including phenoxy) is 1. The van der Waals surface area contributed by atoms with Gasteiger partial charge in [0.05, 0.1) is 18.2 Å². The van der Waals surface area contributed by atoms with E-state index in [0.29, 0.717) is 22.8 Å². The number of carboxylic acids is 1. The Kier molecular flexibility index (Phi) is 13.3. The topological polar surface area (TPSA) is 236 Å². The van der Waals surface area contributed by atoms with Gasteiger partial charge in [-0.15, -0.1) is 0 Å². The van der Waals surface area contributed by atoms with Crippen molar-refractivity contribution in [3.63, 3.8) is 0 Å². The fourth-order valence-electron chi connectivity index (χ4n) is 1.75. The number of aliphatic hydroxyl groups is 1. The van der Waals surface area contributed by atoms with Crippen LogP contribution in [-0.4, -0.2) is 63.9 Å². The molecule has 0 fully saturated rings. The molecular weight excluding hydrogens is 424 g/mol. The second-order valence-electron chi connectivity index (χ2n) is 5.09. The molecule has 0 amide bonds. The summed E-state index contributed by atoms with van der Waals surface area (Å²) in [6.45, 7) is 3.46. The lowest BCUT2D eigenvalue weighted by Gasteiger charge is -2.01. The number of carbonyl (C=O) groups excluding carboxylic acids is 1. The number of aromatic nitrogens is 2. The van der Waals surface area contributed by atoms with Gasteiger partial charge in [0.15, 0.2) is 0 Å². The van der Waals surface area contributed by atoms with E-state index in [4.69, 9.17) is 39.2 Å². The largest absolute Gasteiger partial charge is 0.478 e. The van der Waals surface area contributed by atoms with Crippen LogP contribution in [0.2, 0.25) is 0 Å². The highest BCUT2D eigenvalue weighted by molar-refractivity contribution is 7.79. The first kappa shape index (κ1) is 28.9. The highest BCUT2D eigenvalue weighted by Crippen LogP contribution is 2.08. The number of aryl methyl sites for hydroxylation is 2. The first-order chi connectivity index (χ1) is 13.7. The van der Waals surface area contributed by atoms with Crippen LogP contribution in [0.25, 0.3) is 0 Å². The van der Waals surface area contributed by atoms with Crippen LogP contribution < -0.4 is 11.5 Å². The summed E-state index contributed by atoms with van der Waals surface area (Å²) in [7, 11) is -2.34. The third-order valence-electron chi connectivity index (χ3n) is 2.61. The van der Waals surface area contributed by atoms with Gasteiger partial charge in [0.25, 0.3) is 0 Å². The normalized spacial score (nSPS) is 9.43. The summed E-state index contributed by atoms with van der Waals surface area (Å²) in [6, 6.07) is 5.91. The zero-order valence-electron chi connectivity index (χ0n) is 16.6. The van der Waals surface area contributed by atoms with Crippen LogP contribution in [-0.2, 0) is 15.1 Å². The van der Waals surface area contributed by atoms with Crippen molar-refractivity contribution in [1.82, 2.24) is 9.97 Å². The van der Waals surface area contributed by atoms with Crippen molar-refractivity contribution in [1.29, 1.82) is 0 Å². The molecule has 0 unspecified atom stereocenters. The third-order valence-corrected chi connectivity index (χ3v) is 2.61. The van der Waals surface area contributed by atoms with Crippen LogP contribution in [0.1, 0.15) is 32.1 Å². The molecule has 2 aromatic heterocycles. The van der Waals surface area contributed by atoms with E-state index < -0.39 is 22.3 Å². The molecule has 0 bridgehead atoms. The first-order valence-electron chi connectivity index (χ1n) is 7.67. The van der Waals surface area contributed by atoms with Gasteiger partial charge in [-0.25, -0.2) is 19.6 Å². The number of carboxylic acid groups (broad SMARTS) is 1.